The van der Waals surface area contributed by atoms with E-state index in [2.05, 4.69) is 58.2 Å². The van der Waals surface area contributed by atoms with Crippen LogP contribution in [0.5, 0.6) is 0 Å². The van der Waals surface area contributed by atoms with E-state index in [1.54, 1.807) is 0 Å². The Morgan fingerprint density at radius 2 is 1.90 bits per heavy atom. The number of hydrogen-bond acceptors (Lipinski definition) is 7. The Kier molecular flexibility index (Phi) is 3.73. The van der Waals surface area contributed by atoms with Crippen molar-refractivity contribution in [3.63, 3.8) is 0 Å². The number of rotatable bonds is 4. The van der Waals surface area contributed by atoms with Crippen molar-refractivity contribution in [2.45, 2.75) is 33.2 Å². The van der Waals surface area contributed by atoms with Crippen molar-refractivity contribution in [1.29, 1.82) is 0 Å². The topological polar surface area (TPSA) is 92.0 Å². The van der Waals surface area contributed by atoms with Gasteiger partial charge in [-0.05, 0) is 19.4 Å². The Labute approximate surface area is 120 Å². The van der Waals surface area contributed by atoms with E-state index in [0.717, 1.165) is 19.6 Å². The lowest BCUT2D eigenvalue weighted by atomic mass is 9.93. The first kappa shape index (κ1) is 14.8. The molecular weight excluding hydrogens is 254 g/mol. The fourth-order valence-corrected chi connectivity index (χ4v) is 2.04. The third-order valence-electron chi connectivity index (χ3n) is 3.38. The van der Waals surface area contributed by atoms with Crippen molar-refractivity contribution >= 4 is 17.8 Å². The Morgan fingerprint density at radius 1 is 1.25 bits per heavy atom. The maximum atomic E-state index is 5.77. The first-order valence-electron chi connectivity index (χ1n) is 6.90. The highest BCUT2D eigenvalue weighted by atomic mass is 15.4. The number of aromatic nitrogens is 3. The van der Waals surface area contributed by atoms with E-state index in [1.807, 2.05) is 7.05 Å². The molecule has 0 amide bonds. The zero-order valence-electron chi connectivity index (χ0n) is 13.0. The van der Waals surface area contributed by atoms with Gasteiger partial charge in [0, 0.05) is 19.6 Å². The zero-order chi connectivity index (χ0) is 15.0. The van der Waals surface area contributed by atoms with Gasteiger partial charge in [0.2, 0.25) is 17.8 Å². The predicted molar refractivity (Wildman–Crippen MR) is 81.9 cm³/mol. The number of likely N-dealkylation sites (N-methyl/N-ethyl adjacent to an activating group) is 1. The molecule has 0 atom stereocenters. The Balaban J connectivity index is 2.06. The van der Waals surface area contributed by atoms with Crippen LogP contribution < -0.4 is 21.3 Å². The van der Waals surface area contributed by atoms with Gasteiger partial charge in [0.05, 0.1) is 5.54 Å². The molecule has 112 valence electrons. The summed E-state index contributed by atoms with van der Waals surface area (Å²) in [5, 5.41) is 6.51. The molecule has 2 rings (SSSR count). The van der Waals surface area contributed by atoms with E-state index in [0.29, 0.717) is 11.9 Å². The minimum absolute atomic E-state index is 0.125. The summed E-state index contributed by atoms with van der Waals surface area (Å²) in [6, 6.07) is 0. The summed E-state index contributed by atoms with van der Waals surface area (Å²) in [7, 11) is 1.97. The molecule has 0 aliphatic carbocycles. The molecule has 0 aromatic carbocycles. The number of nitrogen functional groups attached to an aromatic ring is 1. The molecule has 7 nitrogen and oxygen atoms in total. The normalized spacial score (nSPS) is 17.8. The van der Waals surface area contributed by atoms with E-state index in [1.165, 1.54) is 0 Å². The fourth-order valence-electron chi connectivity index (χ4n) is 2.04. The second kappa shape index (κ2) is 5.05. The van der Waals surface area contributed by atoms with Crippen molar-refractivity contribution in [3.8, 4) is 0 Å². The van der Waals surface area contributed by atoms with Crippen LogP contribution in [0.25, 0.3) is 0 Å². The molecule has 0 unspecified atom stereocenters. The minimum Gasteiger partial charge on any atom is -0.368 e. The smallest absolute Gasteiger partial charge is 0.232 e. The highest BCUT2D eigenvalue weighted by Crippen LogP contribution is 2.25. The second-order valence-electron chi connectivity index (χ2n) is 6.90. The van der Waals surface area contributed by atoms with Gasteiger partial charge in [0.1, 0.15) is 0 Å². The van der Waals surface area contributed by atoms with Crippen LogP contribution in [0.1, 0.15) is 27.7 Å². The molecule has 1 aliphatic rings. The SMILES string of the molecule is CNC1(C)CN(c2nc(N)nc(NCC(C)(C)C)n2)C1. The molecule has 7 heteroatoms. The van der Waals surface area contributed by atoms with Gasteiger partial charge in [-0.25, -0.2) is 0 Å². The van der Waals surface area contributed by atoms with Gasteiger partial charge in [0.15, 0.2) is 0 Å². The summed E-state index contributed by atoms with van der Waals surface area (Å²) in [5.41, 5.74) is 6.05. The number of nitrogens with two attached hydrogens (primary N) is 1. The lowest BCUT2D eigenvalue weighted by molar-refractivity contribution is 0.299. The summed E-state index contributed by atoms with van der Waals surface area (Å²) in [5.74, 6) is 1.44. The van der Waals surface area contributed by atoms with Gasteiger partial charge in [-0.3, -0.25) is 0 Å². The van der Waals surface area contributed by atoms with Crippen LogP contribution in [0.4, 0.5) is 17.8 Å². The minimum atomic E-state index is 0.125. The maximum absolute atomic E-state index is 5.77. The molecule has 0 bridgehead atoms. The van der Waals surface area contributed by atoms with Crippen molar-refractivity contribution in [1.82, 2.24) is 20.3 Å². The Morgan fingerprint density at radius 3 is 2.45 bits per heavy atom. The molecule has 0 spiro atoms. The average molecular weight is 279 g/mol. The number of nitrogens with zero attached hydrogens (tertiary/aromatic N) is 4. The molecule has 1 fully saturated rings. The summed E-state index contributed by atoms with van der Waals surface area (Å²) in [4.78, 5) is 14.9. The fraction of sp³-hybridized carbons (Fsp3) is 0.769. The van der Waals surface area contributed by atoms with Gasteiger partial charge >= 0.3 is 0 Å². The lowest BCUT2D eigenvalue weighted by Gasteiger charge is -2.47. The summed E-state index contributed by atoms with van der Waals surface area (Å²) >= 11 is 0. The van der Waals surface area contributed by atoms with Crippen LogP contribution in [0.3, 0.4) is 0 Å². The molecule has 1 aromatic heterocycles. The monoisotopic (exact) mass is 279 g/mol. The van der Waals surface area contributed by atoms with E-state index in [9.17, 15) is 0 Å². The third-order valence-corrected chi connectivity index (χ3v) is 3.38. The standard InChI is InChI=1S/C13H25N7/c1-12(2,3)6-16-10-17-9(14)18-11(19-10)20-7-13(4,8-20)15-5/h15H,6-8H2,1-5H3,(H3,14,16,17,18,19). The maximum Gasteiger partial charge on any atom is 0.232 e. The van der Waals surface area contributed by atoms with Crippen molar-refractivity contribution in [2.24, 2.45) is 5.41 Å². The Bertz CT molecular complexity index is 474. The van der Waals surface area contributed by atoms with Crippen LogP contribution >= 0.6 is 0 Å². The first-order valence-corrected chi connectivity index (χ1v) is 6.90. The first-order chi connectivity index (χ1) is 9.21. The molecule has 1 saturated heterocycles. The molecule has 2 heterocycles. The van der Waals surface area contributed by atoms with Crippen LogP contribution in [-0.4, -0.2) is 47.2 Å². The predicted octanol–water partition coefficient (Wildman–Crippen LogP) is 0.710. The van der Waals surface area contributed by atoms with Crippen molar-refractivity contribution in [2.75, 3.05) is 42.6 Å². The van der Waals surface area contributed by atoms with Crippen LogP contribution in [-0.2, 0) is 0 Å². The summed E-state index contributed by atoms with van der Waals surface area (Å²) in [6.45, 7) is 11.1. The number of nitrogens with one attached hydrogen (secondary N) is 2. The van der Waals surface area contributed by atoms with Gasteiger partial charge in [-0.15, -0.1) is 0 Å². The lowest BCUT2D eigenvalue weighted by Crippen LogP contribution is -2.67. The number of hydrogen-bond donors (Lipinski definition) is 3. The van der Waals surface area contributed by atoms with Gasteiger partial charge in [-0.1, -0.05) is 20.8 Å². The van der Waals surface area contributed by atoms with Crippen molar-refractivity contribution in [3.05, 3.63) is 0 Å². The quantitative estimate of drug-likeness (QED) is 0.747. The third kappa shape index (κ3) is 3.47. The largest absolute Gasteiger partial charge is 0.368 e. The van der Waals surface area contributed by atoms with Crippen molar-refractivity contribution < 1.29 is 0 Å². The van der Waals surface area contributed by atoms with Gasteiger partial charge < -0.3 is 21.3 Å². The summed E-state index contributed by atoms with van der Waals surface area (Å²) in [6.07, 6.45) is 0. The van der Waals surface area contributed by atoms with Crippen LogP contribution in [0, 0.1) is 5.41 Å². The molecule has 0 saturated carbocycles. The van der Waals surface area contributed by atoms with E-state index in [4.69, 9.17) is 5.73 Å². The van der Waals surface area contributed by atoms with Crippen LogP contribution in [0.2, 0.25) is 0 Å². The van der Waals surface area contributed by atoms with Gasteiger partial charge in [0.25, 0.3) is 0 Å². The molecule has 0 radical (unpaired) electrons. The number of anilines is 3. The van der Waals surface area contributed by atoms with E-state index >= 15 is 0 Å². The molecular formula is C13H25N7. The van der Waals surface area contributed by atoms with E-state index < -0.39 is 0 Å². The Hall–Kier alpha value is -1.63. The highest BCUT2D eigenvalue weighted by molar-refractivity contribution is 5.45. The zero-order valence-corrected chi connectivity index (χ0v) is 13.0. The molecule has 4 N–H and O–H groups in total. The van der Waals surface area contributed by atoms with Crippen LogP contribution in [0.15, 0.2) is 0 Å². The summed E-state index contributed by atoms with van der Waals surface area (Å²) < 4.78 is 0. The molecule has 1 aromatic rings. The molecule has 1 aliphatic heterocycles. The highest BCUT2D eigenvalue weighted by Gasteiger charge is 2.38. The van der Waals surface area contributed by atoms with Gasteiger partial charge in [-0.2, -0.15) is 15.0 Å². The van der Waals surface area contributed by atoms with E-state index in [-0.39, 0.29) is 16.9 Å². The second-order valence-corrected chi connectivity index (χ2v) is 6.90. The molecule has 20 heavy (non-hydrogen) atoms. The average Bonchev–Trinajstić information content (AvgIpc) is 2.31.